The summed E-state index contributed by atoms with van der Waals surface area (Å²) in [6, 6.07) is 5.68. The van der Waals surface area contributed by atoms with Crippen molar-refractivity contribution in [3.8, 4) is 5.75 Å². The van der Waals surface area contributed by atoms with Gasteiger partial charge in [0.1, 0.15) is 5.75 Å². The molecule has 0 saturated heterocycles. The summed E-state index contributed by atoms with van der Waals surface area (Å²) in [5, 5.41) is 1.10. The molecule has 0 fully saturated rings. The van der Waals surface area contributed by atoms with Gasteiger partial charge in [0, 0.05) is 16.6 Å². The van der Waals surface area contributed by atoms with E-state index in [0.717, 1.165) is 16.6 Å². The summed E-state index contributed by atoms with van der Waals surface area (Å²) in [6.45, 7) is 9.64. The average molecular weight is 245 g/mol. The molecule has 0 bridgehead atoms. The number of esters is 1. The molecule has 0 aliphatic rings. The van der Waals surface area contributed by atoms with E-state index in [0.29, 0.717) is 5.75 Å². The first-order valence-corrected chi connectivity index (χ1v) is 6.10. The van der Waals surface area contributed by atoms with Gasteiger partial charge in [-0.25, -0.2) is 0 Å². The minimum atomic E-state index is -0.488. The van der Waals surface area contributed by atoms with E-state index in [-0.39, 0.29) is 5.97 Å². The maximum atomic E-state index is 11.8. The van der Waals surface area contributed by atoms with Crippen molar-refractivity contribution >= 4 is 16.9 Å². The molecule has 18 heavy (non-hydrogen) atoms. The third-order valence-corrected chi connectivity index (χ3v) is 3.10. The largest absolute Gasteiger partial charge is 0.426 e. The molecule has 1 aromatic heterocycles. The van der Waals surface area contributed by atoms with Crippen LogP contribution in [0, 0.1) is 19.3 Å². The van der Waals surface area contributed by atoms with E-state index in [4.69, 9.17) is 4.74 Å². The van der Waals surface area contributed by atoms with Gasteiger partial charge in [-0.2, -0.15) is 0 Å². The lowest BCUT2D eigenvalue weighted by Crippen LogP contribution is -2.25. The standard InChI is InChI=1S/C15H19NO2/c1-9-10(2)16-13-7-6-11(8-12(9)13)18-14(17)15(3,4)5/h6-8,16H,1-5H3. The lowest BCUT2D eigenvalue weighted by atomic mass is 9.97. The van der Waals surface area contributed by atoms with Crippen molar-refractivity contribution in [3.63, 3.8) is 0 Å². The Balaban J connectivity index is 2.36. The Morgan fingerprint density at radius 3 is 2.50 bits per heavy atom. The van der Waals surface area contributed by atoms with Gasteiger partial charge in [0.15, 0.2) is 0 Å². The molecule has 1 heterocycles. The number of aromatic nitrogens is 1. The number of ether oxygens (including phenoxy) is 1. The maximum absolute atomic E-state index is 11.8. The van der Waals surface area contributed by atoms with Crippen molar-refractivity contribution in [1.29, 1.82) is 0 Å². The Labute approximate surface area is 107 Å². The number of H-pyrrole nitrogens is 1. The van der Waals surface area contributed by atoms with Crippen molar-refractivity contribution in [1.82, 2.24) is 4.98 Å². The van der Waals surface area contributed by atoms with Crippen molar-refractivity contribution in [2.24, 2.45) is 5.41 Å². The third-order valence-electron chi connectivity index (χ3n) is 3.10. The van der Waals surface area contributed by atoms with E-state index in [1.54, 1.807) is 0 Å². The molecule has 1 aromatic carbocycles. The van der Waals surface area contributed by atoms with Gasteiger partial charge in [-0.1, -0.05) is 0 Å². The van der Waals surface area contributed by atoms with E-state index in [9.17, 15) is 4.79 Å². The molecule has 0 aliphatic carbocycles. The van der Waals surface area contributed by atoms with Crippen LogP contribution in [-0.2, 0) is 4.79 Å². The molecule has 1 N–H and O–H groups in total. The normalized spacial score (nSPS) is 11.8. The van der Waals surface area contributed by atoms with Crippen LogP contribution in [0.15, 0.2) is 18.2 Å². The first-order chi connectivity index (χ1) is 8.29. The van der Waals surface area contributed by atoms with Crippen molar-refractivity contribution < 1.29 is 9.53 Å². The zero-order valence-electron chi connectivity index (χ0n) is 11.5. The van der Waals surface area contributed by atoms with Gasteiger partial charge < -0.3 is 9.72 Å². The van der Waals surface area contributed by atoms with Crippen molar-refractivity contribution in [2.45, 2.75) is 34.6 Å². The van der Waals surface area contributed by atoms with Crippen LogP contribution < -0.4 is 4.74 Å². The zero-order chi connectivity index (χ0) is 13.5. The number of fused-ring (bicyclic) bond motifs is 1. The Kier molecular flexibility index (Phi) is 2.93. The summed E-state index contributed by atoms with van der Waals surface area (Å²) in [6.07, 6.45) is 0. The molecule has 0 amide bonds. The molecule has 96 valence electrons. The summed E-state index contributed by atoms with van der Waals surface area (Å²) in [5.41, 5.74) is 2.92. The highest BCUT2D eigenvalue weighted by atomic mass is 16.5. The number of hydrogen-bond acceptors (Lipinski definition) is 2. The summed E-state index contributed by atoms with van der Waals surface area (Å²) in [7, 11) is 0. The zero-order valence-corrected chi connectivity index (χ0v) is 11.5. The predicted octanol–water partition coefficient (Wildman–Crippen LogP) is 3.74. The second-order valence-electron chi connectivity index (χ2n) is 5.72. The van der Waals surface area contributed by atoms with Gasteiger partial charge >= 0.3 is 5.97 Å². The van der Waals surface area contributed by atoms with Crippen LogP contribution in [0.1, 0.15) is 32.0 Å². The van der Waals surface area contributed by atoms with Crippen molar-refractivity contribution in [3.05, 3.63) is 29.5 Å². The molecule has 3 nitrogen and oxygen atoms in total. The highest BCUT2D eigenvalue weighted by Crippen LogP contribution is 2.27. The number of rotatable bonds is 1. The minimum Gasteiger partial charge on any atom is -0.426 e. The van der Waals surface area contributed by atoms with E-state index in [2.05, 4.69) is 11.9 Å². The monoisotopic (exact) mass is 245 g/mol. The maximum Gasteiger partial charge on any atom is 0.316 e. The fraction of sp³-hybridized carbons (Fsp3) is 0.400. The summed E-state index contributed by atoms with van der Waals surface area (Å²) in [4.78, 5) is 15.1. The predicted molar refractivity (Wildman–Crippen MR) is 72.9 cm³/mol. The Morgan fingerprint density at radius 2 is 1.89 bits per heavy atom. The lowest BCUT2D eigenvalue weighted by Gasteiger charge is -2.16. The Morgan fingerprint density at radius 1 is 1.22 bits per heavy atom. The SMILES string of the molecule is Cc1[nH]c2ccc(OC(=O)C(C)(C)C)cc2c1C. The first-order valence-electron chi connectivity index (χ1n) is 6.10. The minimum absolute atomic E-state index is 0.216. The number of carbonyl (C=O) groups excluding carboxylic acids is 1. The van der Waals surface area contributed by atoms with Gasteiger partial charge in [0.25, 0.3) is 0 Å². The molecular formula is C15H19NO2. The van der Waals surface area contributed by atoms with Gasteiger partial charge in [0.2, 0.25) is 0 Å². The highest BCUT2D eigenvalue weighted by molar-refractivity contribution is 5.87. The fourth-order valence-electron chi connectivity index (χ4n) is 1.76. The van der Waals surface area contributed by atoms with Crippen LogP contribution >= 0.6 is 0 Å². The van der Waals surface area contributed by atoms with Gasteiger partial charge in [-0.05, 0) is 58.4 Å². The summed E-state index contributed by atoms with van der Waals surface area (Å²) < 4.78 is 5.40. The topological polar surface area (TPSA) is 42.1 Å². The average Bonchev–Trinajstić information content (AvgIpc) is 2.54. The van der Waals surface area contributed by atoms with Crippen LogP contribution in [-0.4, -0.2) is 11.0 Å². The van der Waals surface area contributed by atoms with Crippen LogP contribution in [0.2, 0.25) is 0 Å². The number of nitrogens with one attached hydrogen (secondary N) is 1. The molecule has 0 saturated carbocycles. The van der Waals surface area contributed by atoms with Gasteiger partial charge in [-0.15, -0.1) is 0 Å². The van der Waals surface area contributed by atoms with E-state index < -0.39 is 5.41 Å². The molecule has 3 heteroatoms. The quantitative estimate of drug-likeness (QED) is 0.614. The molecule has 0 radical (unpaired) electrons. The molecule has 2 rings (SSSR count). The molecule has 0 unspecified atom stereocenters. The van der Waals surface area contributed by atoms with Crippen LogP contribution in [0.4, 0.5) is 0 Å². The summed E-state index contributed by atoms with van der Waals surface area (Å²) in [5.74, 6) is 0.385. The van der Waals surface area contributed by atoms with Gasteiger partial charge in [0.05, 0.1) is 5.41 Å². The van der Waals surface area contributed by atoms with Crippen LogP contribution in [0.25, 0.3) is 10.9 Å². The second-order valence-corrected chi connectivity index (χ2v) is 5.72. The number of benzene rings is 1. The van der Waals surface area contributed by atoms with E-state index in [1.165, 1.54) is 5.56 Å². The molecule has 0 spiro atoms. The van der Waals surface area contributed by atoms with Crippen molar-refractivity contribution in [2.75, 3.05) is 0 Å². The fourth-order valence-corrected chi connectivity index (χ4v) is 1.76. The van der Waals surface area contributed by atoms with E-state index >= 15 is 0 Å². The second kappa shape index (κ2) is 4.16. The number of carbonyl (C=O) groups is 1. The number of aromatic amines is 1. The number of hydrogen-bond donors (Lipinski definition) is 1. The highest BCUT2D eigenvalue weighted by Gasteiger charge is 2.23. The lowest BCUT2D eigenvalue weighted by molar-refractivity contribution is -0.142. The van der Waals surface area contributed by atoms with E-state index in [1.807, 2.05) is 45.9 Å². The third kappa shape index (κ3) is 2.26. The number of aryl methyl sites for hydroxylation is 2. The Bertz CT molecular complexity index is 603. The molecular weight excluding hydrogens is 226 g/mol. The molecule has 0 atom stereocenters. The van der Waals surface area contributed by atoms with Crippen LogP contribution in [0.5, 0.6) is 5.75 Å². The smallest absolute Gasteiger partial charge is 0.316 e. The molecule has 0 aliphatic heterocycles. The first kappa shape index (κ1) is 12.7. The summed E-state index contributed by atoms with van der Waals surface area (Å²) >= 11 is 0. The Hall–Kier alpha value is -1.77. The van der Waals surface area contributed by atoms with Crippen LogP contribution in [0.3, 0.4) is 0 Å². The van der Waals surface area contributed by atoms with Gasteiger partial charge in [-0.3, -0.25) is 4.79 Å². The molecule has 2 aromatic rings.